The Morgan fingerprint density at radius 2 is 1.24 bits per heavy atom. The lowest BCUT2D eigenvalue weighted by molar-refractivity contribution is -0.196. The van der Waals surface area contributed by atoms with Gasteiger partial charge in [0.05, 0.1) is 11.5 Å². The summed E-state index contributed by atoms with van der Waals surface area (Å²) in [5, 5.41) is 0. The van der Waals surface area contributed by atoms with E-state index in [1.165, 1.54) is 34.6 Å². The standard InChI is InChI=1S/C37H48O12/c1-20-16-17-36(9,10)34(47-26(7)41)32(45-24(5)39)31(44-23(4)38)21(2)18-29-30(48-35(43)28-14-12-11-13-15-28)22(3)19-37(29,49-27(8)42)33(20)46-25(6)40/h11-18,20,22,29-34H,19H2,1-10H3/b17-16+,21-18-/t20-,22-,29-,30-,31-,32-,33-,34+,37+/m0/s1. The summed E-state index contributed by atoms with van der Waals surface area (Å²) in [5.74, 6) is -6.08. The lowest BCUT2D eigenvalue weighted by Gasteiger charge is -2.44. The van der Waals surface area contributed by atoms with Crippen LogP contribution in [-0.2, 0) is 52.4 Å². The van der Waals surface area contributed by atoms with Crippen LogP contribution in [-0.4, -0.2) is 71.9 Å². The number of esters is 6. The van der Waals surface area contributed by atoms with E-state index in [1.54, 1.807) is 76.3 Å². The Bertz CT molecular complexity index is 1480. The molecule has 0 spiro atoms. The summed E-state index contributed by atoms with van der Waals surface area (Å²) < 4.78 is 35.8. The van der Waals surface area contributed by atoms with E-state index in [4.69, 9.17) is 28.4 Å². The first-order valence-corrected chi connectivity index (χ1v) is 16.3. The average molecular weight is 685 g/mol. The number of ether oxygens (including phenoxy) is 6. The van der Waals surface area contributed by atoms with Crippen molar-refractivity contribution in [2.24, 2.45) is 23.2 Å². The van der Waals surface area contributed by atoms with E-state index in [9.17, 15) is 28.8 Å². The highest BCUT2D eigenvalue weighted by atomic mass is 16.6. The van der Waals surface area contributed by atoms with Gasteiger partial charge in [0.15, 0.2) is 23.9 Å². The number of hydrogen-bond acceptors (Lipinski definition) is 12. The zero-order chi connectivity index (χ0) is 36.8. The molecular weight excluding hydrogens is 636 g/mol. The molecule has 0 N–H and O–H groups in total. The molecular formula is C37H48O12. The summed E-state index contributed by atoms with van der Waals surface area (Å²) in [6.45, 7) is 14.8. The molecule has 0 aliphatic heterocycles. The Morgan fingerprint density at radius 1 is 0.694 bits per heavy atom. The molecule has 0 heterocycles. The summed E-state index contributed by atoms with van der Waals surface area (Å²) in [5.41, 5.74) is -2.05. The Labute approximate surface area is 287 Å². The molecule has 2 aliphatic rings. The van der Waals surface area contributed by atoms with E-state index >= 15 is 0 Å². The van der Waals surface area contributed by atoms with Gasteiger partial charge in [-0.2, -0.15) is 0 Å². The molecule has 12 nitrogen and oxygen atoms in total. The van der Waals surface area contributed by atoms with Gasteiger partial charge >= 0.3 is 35.8 Å². The highest BCUT2D eigenvalue weighted by Gasteiger charge is 2.62. The molecule has 1 aromatic rings. The van der Waals surface area contributed by atoms with Gasteiger partial charge in [0.2, 0.25) is 0 Å². The van der Waals surface area contributed by atoms with E-state index < -0.39 is 95.1 Å². The molecule has 0 radical (unpaired) electrons. The minimum absolute atomic E-state index is 0.120. The van der Waals surface area contributed by atoms with Gasteiger partial charge in [-0.25, -0.2) is 4.79 Å². The Hall–Kier alpha value is -4.48. The maximum atomic E-state index is 13.5. The minimum Gasteiger partial charge on any atom is -0.458 e. The van der Waals surface area contributed by atoms with Crippen molar-refractivity contribution < 1.29 is 57.2 Å². The van der Waals surface area contributed by atoms with Crippen LogP contribution in [0.1, 0.15) is 86.0 Å². The zero-order valence-corrected chi connectivity index (χ0v) is 29.8. The first-order valence-electron chi connectivity index (χ1n) is 16.3. The second-order valence-electron chi connectivity index (χ2n) is 13.6. The van der Waals surface area contributed by atoms with Gasteiger partial charge in [0, 0.05) is 46.0 Å². The van der Waals surface area contributed by atoms with Crippen molar-refractivity contribution in [2.75, 3.05) is 0 Å². The third kappa shape index (κ3) is 9.36. The molecule has 1 aromatic carbocycles. The van der Waals surface area contributed by atoms with Gasteiger partial charge in [-0.05, 0) is 37.0 Å². The SMILES string of the molecule is CC(=O)O[C@@H]1[C@@H](OC(C)=O)C(C)(C)/C=C/[C@H](C)[C@H](OC(C)=O)[C@@]2(OC(C)=O)C[C@H](C)[C@H](OC(=O)c3ccccc3)[C@@H]2/C=C(/C)[C@@H]1OC(C)=O. The summed E-state index contributed by atoms with van der Waals surface area (Å²) in [6, 6.07) is 8.37. The maximum absolute atomic E-state index is 13.5. The second-order valence-corrected chi connectivity index (χ2v) is 13.6. The van der Waals surface area contributed by atoms with Crippen molar-refractivity contribution in [3.05, 3.63) is 59.7 Å². The predicted octanol–water partition coefficient (Wildman–Crippen LogP) is 5.08. The smallest absolute Gasteiger partial charge is 0.338 e. The van der Waals surface area contributed by atoms with Crippen LogP contribution in [0.25, 0.3) is 0 Å². The number of benzene rings is 1. The monoisotopic (exact) mass is 684 g/mol. The number of rotatable bonds is 7. The van der Waals surface area contributed by atoms with Crippen LogP contribution >= 0.6 is 0 Å². The van der Waals surface area contributed by atoms with Gasteiger partial charge in [0.25, 0.3) is 0 Å². The zero-order valence-electron chi connectivity index (χ0n) is 29.8. The summed E-state index contributed by atoms with van der Waals surface area (Å²) in [6.07, 6.45) is -0.641. The van der Waals surface area contributed by atoms with Gasteiger partial charge in [-0.1, -0.05) is 64.1 Å². The van der Waals surface area contributed by atoms with Crippen LogP contribution in [0, 0.1) is 23.2 Å². The fraction of sp³-hybridized carbons (Fsp3) is 0.568. The molecule has 9 atom stereocenters. The van der Waals surface area contributed by atoms with Gasteiger partial charge in [-0.3, -0.25) is 24.0 Å². The lowest BCUT2D eigenvalue weighted by atomic mass is 9.74. The molecule has 2 aliphatic carbocycles. The van der Waals surface area contributed by atoms with Crippen LogP contribution in [0.2, 0.25) is 0 Å². The molecule has 3 rings (SSSR count). The fourth-order valence-corrected chi connectivity index (χ4v) is 7.02. The summed E-state index contributed by atoms with van der Waals surface area (Å²) >= 11 is 0. The maximum Gasteiger partial charge on any atom is 0.338 e. The van der Waals surface area contributed by atoms with Crippen LogP contribution < -0.4 is 0 Å². The summed E-state index contributed by atoms with van der Waals surface area (Å²) in [7, 11) is 0. The predicted molar refractivity (Wildman–Crippen MR) is 175 cm³/mol. The van der Waals surface area contributed by atoms with Gasteiger partial charge in [0.1, 0.15) is 12.2 Å². The molecule has 49 heavy (non-hydrogen) atoms. The van der Waals surface area contributed by atoms with Crippen molar-refractivity contribution >= 4 is 35.8 Å². The fourth-order valence-electron chi connectivity index (χ4n) is 7.02. The number of carbonyl (C=O) groups is 6. The number of hydrogen-bond donors (Lipinski definition) is 0. The van der Waals surface area contributed by atoms with Crippen molar-refractivity contribution in [3.63, 3.8) is 0 Å². The van der Waals surface area contributed by atoms with Crippen molar-refractivity contribution in [1.29, 1.82) is 0 Å². The van der Waals surface area contributed by atoms with Crippen LogP contribution in [0.15, 0.2) is 54.1 Å². The molecule has 0 unspecified atom stereocenters. The normalized spacial score (nSPS) is 32.7. The van der Waals surface area contributed by atoms with E-state index in [-0.39, 0.29) is 6.42 Å². The third-order valence-electron chi connectivity index (χ3n) is 8.90. The molecule has 12 heteroatoms. The van der Waals surface area contributed by atoms with E-state index in [2.05, 4.69) is 0 Å². The Balaban J connectivity index is 2.43. The van der Waals surface area contributed by atoms with Gasteiger partial charge in [-0.15, -0.1) is 0 Å². The molecule has 0 bridgehead atoms. The minimum atomic E-state index is -1.58. The average Bonchev–Trinajstić information content (AvgIpc) is 3.23. The highest BCUT2D eigenvalue weighted by Crippen LogP contribution is 2.51. The molecule has 0 saturated heterocycles. The first-order chi connectivity index (χ1) is 22.8. The molecule has 1 fully saturated rings. The summed E-state index contributed by atoms with van der Waals surface area (Å²) in [4.78, 5) is 76.8. The quantitative estimate of drug-likeness (QED) is 0.214. The van der Waals surface area contributed by atoms with Gasteiger partial charge < -0.3 is 28.4 Å². The van der Waals surface area contributed by atoms with Crippen LogP contribution in [0.4, 0.5) is 0 Å². The van der Waals surface area contributed by atoms with Crippen LogP contribution in [0.3, 0.4) is 0 Å². The molecule has 0 amide bonds. The highest BCUT2D eigenvalue weighted by molar-refractivity contribution is 5.89. The van der Waals surface area contributed by atoms with Crippen molar-refractivity contribution in [3.8, 4) is 0 Å². The third-order valence-corrected chi connectivity index (χ3v) is 8.90. The van der Waals surface area contributed by atoms with E-state index in [0.29, 0.717) is 11.1 Å². The lowest BCUT2D eigenvalue weighted by Crippen LogP contribution is -2.56. The first kappa shape index (κ1) is 39.0. The largest absolute Gasteiger partial charge is 0.458 e. The molecule has 1 saturated carbocycles. The molecule has 0 aromatic heterocycles. The van der Waals surface area contributed by atoms with Crippen molar-refractivity contribution in [2.45, 2.75) is 112 Å². The number of carbonyl (C=O) groups excluding carboxylic acids is 6. The van der Waals surface area contributed by atoms with E-state index in [1.807, 2.05) is 6.92 Å². The number of fused-ring (bicyclic) bond motifs is 1. The van der Waals surface area contributed by atoms with Crippen LogP contribution in [0.5, 0.6) is 0 Å². The molecule has 268 valence electrons. The Morgan fingerprint density at radius 3 is 1.78 bits per heavy atom. The second kappa shape index (κ2) is 15.8. The topological polar surface area (TPSA) is 158 Å². The Kier molecular flexibility index (Phi) is 12.6. The van der Waals surface area contributed by atoms with Crippen molar-refractivity contribution in [1.82, 2.24) is 0 Å². The van der Waals surface area contributed by atoms with E-state index in [0.717, 1.165) is 0 Å².